The van der Waals surface area contributed by atoms with Gasteiger partial charge < -0.3 is 15.4 Å². The molecule has 1 saturated heterocycles. The average Bonchev–Trinajstić information content (AvgIpc) is 2.93. The van der Waals surface area contributed by atoms with Crippen LogP contribution in [0.25, 0.3) is 0 Å². The lowest BCUT2D eigenvalue weighted by molar-refractivity contribution is -0.150. The Hall–Kier alpha value is -2.44. The van der Waals surface area contributed by atoms with E-state index < -0.39 is 17.9 Å². The van der Waals surface area contributed by atoms with Crippen LogP contribution in [-0.2, 0) is 25.5 Å². The zero-order valence-corrected chi connectivity index (χ0v) is 11.9. The van der Waals surface area contributed by atoms with E-state index in [1.54, 1.807) is 12.1 Å². The predicted molar refractivity (Wildman–Crippen MR) is 75.2 cm³/mol. The number of carbonyl (C=O) groups excluding carboxylic acids is 3. The van der Waals surface area contributed by atoms with Crippen LogP contribution >= 0.6 is 0 Å². The molecular formula is C15H17FN2O4. The molecule has 0 bridgehead atoms. The molecule has 1 fully saturated rings. The molecule has 2 N–H and O–H groups in total. The summed E-state index contributed by atoms with van der Waals surface area (Å²) < 4.78 is 17.6. The van der Waals surface area contributed by atoms with Gasteiger partial charge in [-0.25, -0.2) is 9.18 Å². The molecule has 1 aliphatic heterocycles. The Bertz CT molecular complexity index is 559. The molecule has 0 aliphatic carbocycles. The number of esters is 1. The Morgan fingerprint density at radius 3 is 2.68 bits per heavy atom. The lowest BCUT2D eigenvalue weighted by Gasteiger charge is -2.10. The van der Waals surface area contributed by atoms with E-state index in [1.165, 1.54) is 12.1 Å². The van der Waals surface area contributed by atoms with Crippen LogP contribution in [0.3, 0.4) is 0 Å². The molecule has 1 heterocycles. The van der Waals surface area contributed by atoms with E-state index >= 15 is 0 Å². The lowest BCUT2D eigenvalue weighted by Crippen LogP contribution is -2.37. The third-order valence-electron chi connectivity index (χ3n) is 3.27. The van der Waals surface area contributed by atoms with Gasteiger partial charge in [-0.3, -0.25) is 9.59 Å². The van der Waals surface area contributed by atoms with Gasteiger partial charge in [0.1, 0.15) is 11.9 Å². The number of ether oxygens (including phenoxy) is 1. The van der Waals surface area contributed by atoms with Gasteiger partial charge in [0.05, 0.1) is 0 Å². The molecule has 0 unspecified atom stereocenters. The molecule has 22 heavy (non-hydrogen) atoms. The second-order valence-corrected chi connectivity index (χ2v) is 4.99. The van der Waals surface area contributed by atoms with Crippen molar-refractivity contribution in [3.63, 3.8) is 0 Å². The summed E-state index contributed by atoms with van der Waals surface area (Å²) in [5.41, 5.74) is 0.896. The molecule has 118 valence electrons. The summed E-state index contributed by atoms with van der Waals surface area (Å²) in [7, 11) is 0. The first kappa shape index (κ1) is 15.9. The molecule has 1 aromatic rings. The summed E-state index contributed by atoms with van der Waals surface area (Å²) in [6.07, 6.45) is 1.24. The number of halogens is 1. The van der Waals surface area contributed by atoms with E-state index in [1.807, 2.05) is 0 Å². The quantitative estimate of drug-likeness (QED) is 0.741. The number of amides is 2. The van der Waals surface area contributed by atoms with Crippen LogP contribution in [0.4, 0.5) is 4.39 Å². The summed E-state index contributed by atoms with van der Waals surface area (Å²) in [5.74, 6) is -1.51. The van der Waals surface area contributed by atoms with Crippen LogP contribution < -0.4 is 10.6 Å². The molecule has 1 aromatic carbocycles. The topological polar surface area (TPSA) is 84.5 Å². The predicted octanol–water partition coefficient (Wildman–Crippen LogP) is 0.306. The Balaban J connectivity index is 1.62. The van der Waals surface area contributed by atoms with Gasteiger partial charge in [0.15, 0.2) is 6.61 Å². The number of carbonyl (C=O) groups is 3. The number of hydrogen-bond acceptors (Lipinski definition) is 4. The highest BCUT2D eigenvalue weighted by Crippen LogP contribution is 2.07. The molecule has 1 atom stereocenters. The van der Waals surface area contributed by atoms with E-state index in [0.717, 1.165) is 5.56 Å². The highest BCUT2D eigenvalue weighted by atomic mass is 19.1. The second kappa shape index (κ2) is 7.53. The molecule has 0 aromatic heterocycles. The first-order valence-corrected chi connectivity index (χ1v) is 7.02. The minimum atomic E-state index is -0.653. The fourth-order valence-electron chi connectivity index (χ4n) is 2.08. The van der Waals surface area contributed by atoms with Gasteiger partial charge in [-0.05, 0) is 30.5 Å². The summed E-state index contributed by atoms with van der Waals surface area (Å²) in [6, 6.07) is 5.35. The monoisotopic (exact) mass is 308 g/mol. The molecule has 0 radical (unpaired) electrons. The number of rotatable bonds is 6. The largest absolute Gasteiger partial charge is 0.454 e. The van der Waals surface area contributed by atoms with E-state index in [4.69, 9.17) is 4.74 Å². The smallest absolute Gasteiger partial charge is 0.329 e. The van der Waals surface area contributed by atoms with E-state index in [0.29, 0.717) is 25.8 Å². The van der Waals surface area contributed by atoms with Gasteiger partial charge in [-0.1, -0.05) is 12.1 Å². The van der Waals surface area contributed by atoms with Crippen LogP contribution in [0.1, 0.15) is 18.4 Å². The van der Waals surface area contributed by atoms with Crippen LogP contribution in [0.5, 0.6) is 0 Å². The third kappa shape index (κ3) is 4.83. The lowest BCUT2D eigenvalue weighted by atomic mass is 10.1. The van der Waals surface area contributed by atoms with Crippen molar-refractivity contribution in [3.8, 4) is 0 Å². The highest BCUT2D eigenvalue weighted by Gasteiger charge is 2.28. The SMILES string of the molecule is O=C(COC(=O)[C@@H]1CCC(=O)N1)NCCc1ccc(F)cc1. The zero-order chi connectivity index (χ0) is 15.9. The Morgan fingerprint density at radius 1 is 1.32 bits per heavy atom. The number of benzene rings is 1. The fraction of sp³-hybridized carbons (Fsp3) is 0.400. The summed E-state index contributed by atoms with van der Waals surface area (Å²) in [6.45, 7) is -0.0171. The summed E-state index contributed by atoms with van der Waals surface area (Å²) in [5, 5.41) is 5.07. The van der Waals surface area contributed by atoms with Crippen molar-refractivity contribution < 1.29 is 23.5 Å². The van der Waals surface area contributed by atoms with Crippen LogP contribution in [0.2, 0.25) is 0 Å². The van der Waals surface area contributed by atoms with Gasteiger partial charge in [-0.2, -0.15) is 0 Å². The zero-order valence-electron chi connectivity index (χ0n) is 11.9. The van der Waals surface area contributed by atoms with Gasteiger partial charge in [0, 0.05) is 13.0 Å². The Kier molecular flexibility index (Phi) is 5.46. The van der Waals surface area contributed by atoms with Gasteiger partial charge in [0.25, 0.3) is 5.91 Å². The average molecular weight is 308 g/mol. The Labute approximate surface area is 127 Å². The van der Waals surface area contributed by atoms with Crippen molar-refractivity contribution in [2.45, 2.75) is 25.3 Å². The third-order valence-corrected chi connectivity index (χ3v) is 3.27. The maximum Gasteiger partial charge on any atom is 0.329 e. The van der Waals surface area contributed by atoms with Crippen LogP contribution in [0, 0.1) is 5.82 Å². The first-order chi connectivity index (χ1) is 10.5. The molecule has 2 rings (SSSR count). The molecule has 0 spiro atoms. The molecular weight excluding hydrogens is 291 g/mol. The van der Waals surface area contributed by atoms with Crippen molar-refractivity contribution in [1.82, 2.24) is 10.6 Å². The van der Waals surface area contributed by atoms with Gasteiger partial charge in [0.2, 0.25) is 5.91 Å². The first-order valence-electron chi connectivity index (χ1n) is 7.02. The van der Waals surface area contributed by atoms with E-state index in [-0.39, 0.29) is 18.3 Å². The normalized spacial score (nSPS) is 17.0. The molecule has 1 aliphatic rings. The van der Waals surface area contributed by atoms with Crippen molar-refractivity contribution in [3.05, 3.63) is 35.6 Å². The van der Waals surface area contributed by atoms with Crippen LogP contribution in [0.15, 0.2) is 24.3 Å². The van der Waals surface area contributed by atoms with Crippen molar-refractivity contribution in [2.75, 3.05) is 13.2 Å². The summed E-state index contributed by atoms with van der Waals surface area (Å²) >= 11 is 0. The van der Waals surface area contributed by atoms with Gasteiger partial charge in [-0.15, -0.1) is 0 Å². The highest BCUT2D eigenvalue weighted by molar-refractivity contribution is 5.89. The molecule has 0 saturated carbocycles. The molecule has 7 heteroatoms. The standard InChI is InChI=1S/C15H17FN2O4/c16-11-3-1-10(2-4-11)7-8-17-14(20)9-22-15(21)12-5-6-13(19)18-12/h1-4,12H,5-9H2,(H,17,20)(H,18,19)/t12-/m0/s1. The van der Waals surface area contributed by atoms with E-state index in [9.17, 15) is 18.8 Å². The molecule has 6 nitrogen and oxygen atoms in total. The maximum atomic E-state index is 12.7. The number of nitrogens with one attached hydrogen (secondary N) is 2. The minimum Gasteiger partial charge on any atom is -0.454 e. The molecule has 2 amide bonds. The van der Waals surface area contributed by atoms with E-state index in [2.05, 4.69) is 10.6 Å². The van der Waals surface area contributed by atoms with Crippen LogP contribution in [-0.4, -0.2) is 37.0 Å². The van der Waals surface area contributed by atoms with Crippen molar-refractivity contribution in [2.24, 2.45) is 0 Å². The number of hydrogen-bond donors (Lipinski definition) is 2. The fourth-order valence-corrected chi connectivity index (χ4v) is 2.08. The van der Waals surface area contributed by atoms with Crippen molar-refractivity contribution in [1.29, 1.82) is 0 Å². The van der Waals surface area contributed by atoms with Gasteiger partial charge >= 0.3 is 5.97 Å². The van der Waals surface area contributed by atoms with Crippen molar-refractivity contribution >= 4 is 17.8 Å². The maximum absolute atomic E-state index is 12.7. The minimum absolute atomic E-state index is 0.189. The Morgan fingerprint density at radius 2 is 2.05 bits per heavy atom. The summed E-state index contributed by atoms with van der Waals surface area (Å²) in [4.78, 5) is 34.1. The second-order valence-electron chi connectivity index (χ2n) is 4.99.